The average molecular weight is 342 g/mol. The zero-order valence-electron chi connectivity index (χ0n) is 14.1. The van der Waals surface area contributed by atoms with Crippen molar-refractivity contribution in [3.63, 3.8) is 0 Å². The fourth-order valence-corrected chi connectivity index (χ4v) is 2.47. The molecule has 3 N–H and O–H groups in total. The third-order valence-electron chi connectivity index (χ3n) is 3.90. The summed E-state index contributed by atoms with van der Waals surface area (Å²) in [6.07, 6.45) is 8.12. The van der Waals surface area contributed by atoms with Gasteiger partial charge in [-0.25, -0.2) is 0 Å². The third-order valence-corrected chi connectivity index (χ3v) is 3.90. The van der Waals surface area contributed by atoms with E-state index in [9.17, 15) is 14.4 Å². The Labute approximate surface area is 146 Å². The molecular formula is C19H22N2O4. The van der Waals surface area contributed by atoms with Crippen LogP contribution in [0.4, 0.5) is 0 Å². The predicted octanol–water partition coefficient (Wildman–Crippen LogP) is 2.04. The summed E-state index contributed by atoms with van der Waals surface area (Å²) in [6.45, 7) is 1.39. The first-order valence-electron chi connectivity index (χ1n) is 8.22. The van der Waals surface area contributed by atoms with Crippen molar-refractivity contribution in [2.24, 2.45) is 0 Å². The van der Waals surface area contributed by atoms with Gasteiger partial charge in [-0.2, -0.15) is 0 Å². The van der Waals surface area contributed by atoms with E-state index in [-0.39, 0.29) is 5.91 Å². The summed E-state index contributed by atoms with van der Waals surface area (Å²) in [4.78, 5) is 35.8. The van der Waals surface area contributed by atoms with Crippen molar-refractivity contribution < 1.29 is 19.5 Å². The first-order valence-corrected chi connectivity index (χ1v) is 8.22. The molecule has 132 valence electrons. The van der Waals surface area contributed by atoms with Gasteiger partial charge in [0.2, 0.25) is 5.91 Å². The van der Waals surface area contributed by atoms with Crippen molar-refractivity contribution in [3.8, 4) is 0 Å². The molecule has 0 fully saturated rings. The van der Waals surface area contributed by atoms with Gasteiger partial charge in [0.05, 0.1) is 0 Å². The van der Waals surface area contributed by atoms with E-state index in [1.807, 2.05) is 18.2 Å². The van der Waals surface area contributed by atoms with E-state index < -0.39 is 24.0 Å². The Morgan fingerprint density at radius 3 is 2.44 bits per heavy atom. The zero-order chi connectivity index (χ0) is 18.2. The van der Waals surface area contributed by atoms with Crippen molar-refractivity contribution in [1.29, 1.82) is 0 Å². The summed E-state index contributed by atoms with van der Waals surface area (Å²) in [7, 11) is 0. The van der Waals surface area contributed by atoms with Crippen molar-refractivity contribution in [2.45, 2.75) is 38.3 Å². The molecule has 0 saturated heterocycles. The maximum Gasteiger partial charge on any atom is 0.325 e. The molecule has 0 aromatic heterocycles. The lowest BCUT2D eigenvalue weighted by Gasteiger charge is -2.21. The fraction of sp³-hybridized carbons (Fsp3) is 0.316. The van der Waals surface area contributed by atoms with Crippen LogP contribution in [0.15, 0.2) is 54.1 Å². The predicted molar refractivity (Wildman–Crippen MR) is 94.0 cm³/mol. The standard InChI is InChI=1S/C19H22N2O4/c1-13(19(24)25)20-18(23)16(12-14-8-4-2-5-9-14)21-17(22)15-10-6-3-7-11-15/h3-4,6-11,13,16H,2,5,12H2,1H3,(H,20,23)(H,21,22)(H,24,25)/t13-,16-/m0/s1. The van der Waals surface area contributed by atoms with E-state index in [2.05, 4.69) is 10.6 Å². The Morgan fingerprint density at radius 2 is 1.84 bits per heavy atom. The summed E-state index contributed by atoms with van der Waals surface area (Å²) in [5.41, 5.74) is 1.39. The van der Waals surface area contributed by atoms with E-state index in [4.69, 9.17) is 5.11 Å². The number of carboxylic acids is 1. The SMILES string of the molecule is C[C@H](NC(=O)[C@H](CC1=CCCC=C1)NC(=O)c1ccccc1)C(=O)O. The molecule has 2 amide bonds. The summed E-state index contributed by atoms with van der Waals surface area (Å²) in [5.74, 6) is -2.01. The highest BCUT2D eigenvalue weighted by atomic mass is 16.4. The highest BCUT2D eigenvalue weighted by Crippen LogP contribution is 2.15. The molecule has 0 bridgehead atoms. The number of amides is 2. The molecule has 2 atom stereocenters. The number of allylic oxidation sites excluding steroid dienone is 3. The molecule has 1 aromatic carbocycles. The topological polar surface area (TPSA) is 95.5 Å². The van der Waals surface area contributed by atoms with Crippen LogP contribution in [0.25, 0.3) is 0 Å². The largest absolute Gasteiger partial charge is 0.480 e. The van der Waals surface area contributed by atoms with E-state index in [1.165, 1.54) is 6.92 Å². The van der Waals surface area contributed by atoms with E-state index in [0.717, 1.165) is 18.4 Å². The maximum atomic E-state index is 12.5. The second kappa shape index (κ2) is 8.82. The van der Waals surface area contributed by atoms with Gasteiger partial charge >= 0.3 is 5.97 Å². The van der Waals surface area contributed by atoms with Crippen LogP contribution in [0.1, 0.15) is 36.5 Å². The molecule has 6 nitrogen and oxygen atoms in total. The van der Waals surface area contributed by atoms with Gasteiger partial charge in [0.25, 0.3) is 5.91 Å². The minimum absolute atomic E-state index is 0.313. The molecular weight excluding hydrogens is 320 g/mol. The van der Waals surface area contributed by atoms with Crippen molar-refractivity contribution in [3.05, 3.63) is 59.7 Å². The van der Waals surface area contributed by atoms with Crippen LogP contribution in [-0.2, 0) is 9.59 Å². The summed E-state index contributed by atoms with van der Waals surface area (Å²) in [6, 6.07) is 6.72. The van der Waals surface area contributed by atoms with Crippen molar-refractivity contribution in [1.82, 2.24) is 10.6 Å². The molecule has 0 radical (unpaired) electrons. The minimum atomic E-state index is -1.13. The second-order valence-electron chi connectivity index (χ2n) is 5.92. The van der Waals surface area contributed by atoms with Crippen LogP contribution in [-0.4, -0.2) is 35.0 Å². The number of benzene rings is 1. The van der Waals surface area contributed by atoms with Gasteiger partial charge in [0.15, 0.2) is 0 Å². The molecule has 0 saturated carbocycles. The Balaban J connectivity index is 2.11. The lowest BCUT2D eigenvalue weighted by Crippen LogP contribution is -2.50. The molecule has 0 unspecified atom stereocenters. The molecule has 0 heterocycles. The Bertz CT molecular complexity index is 695. The monoisotopic (exact) mass is 342 g/mol. The Hall–Kier alpha value is -2.89. The number of hydrogen-bond acceptors (Lipinski definition) is 3. The molecule has 0 aliphatic heterocycles. The van der Waals surface area contributed by atoms with Gasteiger partial charge < -0.3 is 15.7 Å². The highest BCUT2D eigenvalue weighted by Gasteiger charge is 2.25. The number of nitrogens with one attached hydrogen (secondary N) is 2. The Morgan fingerprint density at radius 1 is 1.12 bits per heavy atom. The molecule has 1 aliphatic rings. The number of carbonyl (C=O) groups excluding carboxylic acids is 2. The van der Waals surface area contributed by atoms with Gasteiger partial charge in [0, 0.05) is 12.0 Å². The lowest BCUT2D eigenvalue weighted by atomic mass is 9.99. The van der Waals surface area contributed by atoms with Crippen LogP contribution in [0.5, 0.6) is 0 Å². The van der Waals surface area contributed by atoms with Crippen LogP contribution in [0, 0.1) is 0 Å². The fourth-order valence-electron chi connectivity index (χ4n) is 2.47. The summed E-state index contributed by atoms with van der Waals surface area (Å²) >= 11 is 0. The smallest absolute Gasteiger partial charge is 0.325 e. The number of carbonyl (C=O) groups is 3. The van der Waals surface area contributed by atoms with E-state index in [1.54, 1.807) is 30.3 Å². The quantitative estimate of drug-likeness (QED) is 0.706. The first-order chi connectivity index (χ1) is 12.0. The normalized spacial score (nSPS) is 15.6. The summed E-state index contributed by atoms with van der Waals surface area (Å²) < 4.78 is 0. The first kappa shape index (κ1) is 18.4. The van der Waals surface area contributed by atoms with Crippen molar-refractivity contribution >= 4 is 17.8 Å². The minimum Gasteiger partial charge on any atom is -0.480 e. The van der Waals surface area contributed by atoms with Crippen LogP contribution in [0.3, 0.4) is 0 Å². The molecule has 25 heavy (non-hydrogen) atoms. The van der Waals surface area contributed by atoms with Gasteiger partial charge in [-0.3, -0.25) is 14.4 Å². The van der Waals surface area contributed by atoms with E-state index in [0.29, 0.717) is 12.0 Å². The number of carboxylic acid groups (broad SMARTS) is 1. The molecule has 2 rings (SSSR count). The molecule has 1 aromatic rings. The molecule has 0 spiro atoms. The zero-order valence-corrected chi connectivity index (χ0v) is 14.1. The van der Waals surface area contributed by atoms with Crippen LogP contribution < -0.4 is 10.6 Å². The van der Waals surface area contributed by atoms with Crippen LogP contribution >= 0.6 is 0 Å². The van der Waals surface area contributed by atoms with Gasteiger partial charge in [-0.1, -0.05) is 36.4 Å². The number of hydrogen-bond donors (Lipinski definition) is 3. The average Bonchev–Trinajstić information content (AvgIpc) is 2.62. The molecule has 1 aliphatic carbocycles. The lowest BCUT2D eigenvalue weighted by molar-refractivity contribution is -0.141. The van der Waals surface area contributed by atoms with Gasteiger partial charge in [-0.15, -0.1) is 0 Å². The second-order valence-corrected chi connectivity index (χ2v) is 5.92. The van der Waals surface area contributed by atoms with E-state index >= 15 is 0 Å². The van der Waals surface area contributed by atoms with Gasteiger partial charge in [0.1, 0.15) is 12.1 Å². The van der Waals surface area contributed by atoms with Crippen LogP contribution in [0.2, 0.25) is 0 Å². The number of rotatable bonds is 7. The van der Waals surface area contributed by atoms with Gasteiger partial charge in [-0.05, 0) is 37.5 Å². The Kier molecular flexibility index (Phi) is 6.51. The maximum absolute atomic E-state index is 12.5. The third kappa shape index (κ3) is 5.60. The summed E-state index contributed by atoms with van der Waals surface area (Å²) in [5, 5.41) is 14.1. The number of aliphatic carboxylic acids is 1. The van der Waals surface area contributed by atoms with Crippen molar-refractivity contribution in [2.75, 3.05) is 0 Å². The molecule has 6 heteroatoms. The highest BCUT2D eigenvalue weighted by molar-refractivity contribution is 5.98.